The van der Waals surface area contributed by atoms with E-state index >= 15 is 0 Å². The summed E-state index contributed by atoms with van der Waals surface area (Å²) in [5, 5.41) is 0. The highest BCUT2D eigenvalue weighted by Crippen LogP contribution is 2.16. The average molecular weight is 165 g/mol. The van der Waals surface area contributed by atoms with Gasteiger partial charge in [0.25, 0.3) is 0 Å². The topological polar surface area (TPSA) is 51.8 Å². The summed E-state index contributed by atoms with van der Waals surface area (Å²) < 4.78 is 0. The number of anilines is 1. The fraction of sp³-hybridized carbons (Fsp3) is 0.556. The summed E-state index contributed by atoms with van der Waals surface area (Å²) in [5.41, 5.74) is 5.54. The van der Waals surface area contributed by atoms with Gasteiger partial charge in [0.2, 0.25) is 0 Å². The third kappa shape index (κ3) is 2.19. The first kappa shape index (κ1) is 8.97. The molecule has 0 saturated carbocycles. The molecule has 0 spiro atoms. The van der Waals surface area contributed by atoms with Gasteiger partial charge in [0, 0.05) is 12.1 Å². The normalized spacial score (nSPS) is 12.8. The lowest BCUT2D eigenvalue weighted by Gasteiger charge is -2.07. The van der Waals surface area contributed by atoms with Crippen molar-refractivity contribution in [1.82, 2.24) is 9.97 Å². The molecule has 0 aliphatic rings. The van der Waals surface area contributed by atoms with Gasteiger partial charge in [0.1, 0.15) is 11.6 Å². The zero-order valence-corrected chi connectivity index (χ0v) is 7.62. The van der Waals surface area contributed by atoms with Crippen molar-refractivity contribution in [2.75, 3.05) is 5.73 Å². The summed E-state index contributed by atoms with van der Waals surface area (Å²) in [6.07, 6.45) is 3.98. The van der Waals surface area contributed by atoms with E-state index in [1.807, 2.05) is 0 Å². The zero-order chi connectivity index (χ0) is 8.97. The minimum absolute atomic E-state index is 0.415. The van der Waals surface area contributed by atoms with E-state index in [0.29, 0.717) is 11.7 Å². The van der Waals surface area contributed by atoms with Crippen molar-refractivity contribution in [2.24, 2.45) is 0 Å². The molecule has 1 atom stereocenters. The van der Waals surface area contributed by atoms with Crippen LogP contribution in [0.4, 0.5) is 5.82 Å². The Bertz CT molecular complexity index is 247. The van der Waals surface area contributed by atoms with E-state index in [9.17, 15) is 0 Å². The fourth-order valence-electron chi connectivity index (χ4n) is 1.19. The van der Waals surface area contributed by atoms with Crippen LogP contribution in [0.15, 0.2) is 12.3 Å². The molecule has 0 fully saturated rings. The Morgan fingerprint density at radius 2 is 2.33 bits per heavy atom. The van der Waals surface area contributed by atoms with Crippen LogP contribution in [0.1, 0.15) is 38.4 Å². The van der Waals surface area contributed by atoms with E-state index in [4.69, 9.17) is 5.73 Å². The number of nitrogens with zero attached hydrogens (tertiary/aromatic N) is 2. The van der Waals surface area contributed by atoms with Gasteiger partial charge in [0.05, 0.1) is 0 Å². The maximum absolute atomic E-state index is 5.54. The van der Waals surface area contributed by atoms with Crippen LogP contribution in [-0.2, 0) is 0 Å². The zero-order valence-electron chi connectivity index (χ0n) is 7.62. The third-order valence-electron chi connectivity index (χ3n) is 1.86. The lowest BCUT2D eigenvalue weighted by molar-refractivity contribution is 0.627. The van der Waals surface area contributed by atoms with Crippen LogP contribution in [0.3, 0.4) is 0 Å². The van der Waals surface area contributed by atoms with Gasteiger partial charge in [-0.2, -0.15) is 0 Å². The van der Waals surface area contributed by atoms with Gasteiger partial charge >= 0.3 is 0 Å². The van der Waals surface area contributed by atoms with Gasteiger partial charge in [-0.15, -0.1) is 0 Å². The first-order valence-corrected chi connectivity index (χ1v) is 4.32. The molecule has 0 aromatic carbocycles. The number of nitrogens with two attached hydrogens (primary N) is 1. The molecule has 0 amide bonds. The maximum Gasteiger partial charge on any atom is 0.133 e. The Labute approximate surface area is 73.0 Å². The second-order valence-electron chi connectivity index (χ2n) is 3.03. The molecule has 0 aliphatic heterocycles. The number of hydrogen-bond acceptors (Lipinski definition) is 3. The van der Waals surface area contributed by atoms with Crippen LogP contribution in [0, 0.1) is 0 Å². The fourth-order valence-corrected chi connectivity index (χ4v) is 1.19. The Morgan fingerprint density at radius 3 is 2.92 bits per heavy atom. The number of aromatic nitrogens is 2. The summed E-state index contributed by atoms with van der Waals surface area (Å²) in [4.78, 5) is 8.33. The minimum atomic E-state index is 0.415. The number of nitrogen functional groups attached to an aromatic ring is 1. The molecule has 3 nitrogen and oxygen atoms in total. The second kappa shape index (κ2) is 4.04. The van der Waals surface area contributed by atoms with Crippen molar-refractivity contribution < 1.29 is 0 Å². The Balaban J connectivity index is 2.73. The van der Waals surface area contributed by atoms with Crippen molar-refractivity contribution >= 4 is 5.82 Å². The van der Waals surface area contributed by atoms with Gasteiger partial charge in [-0.1, -0.05) is 20.3 Å². The van der Waals surface area contributed by atoms with Crippen LogP contribution in [0.2, 0.25) is 0 Å². The molecule has 3 heteroatoms. The maximum atomic E-state index is 5.54. The largest absolute Gasteiger partial charge is 0.384 e. The molecule has 12 heavy (non-hydrogen) atoms. The van der Waals surface area contributed by atoms with E-state index in [0.717, 1.165) is 18.7 Å². The molecule has 1 heterocycles. The van der Waals surface area contributed by atoms with Crippen molar-refractivity contribution in [3.63, 3.8) is 0 Å². The summed E-state index contributed by atoms with van der Waals surface area (Å²) in [7, 11) is 0. The molecule has 0 aliphatic carbocycles. The van der Waals surface area contributed by atoms with Crippen molar-refractivity contribution in [3.05, 3.63) is 18.1 Å². The van der Waals surface area contributed by atoms with Crippen LogP contribution in [-0.4, -0.2) is 9.97 Å². The average Bonchev–Trinajstić information content (AvgIpc) is 2.05. The summed E-state index contributed by atoms with van der Waals surface area (Å²) in [6.45, 7) is 4.28. The Morgan fingerprint density at radius 1 is 1.58 bits per heavy atom. The molecule has 66 valence electrons. The number of rotatable bonds is 3. The predicted octanol–water partition coefficient (Wildman–Crippen LogP) is 1.96. The van der Waals surface area contributed by atoms with E-state index < -0.39 is 0 Å². The van der Waals surface area contributed by atoms with Crippen molar-refractivity contribution in [1.29, 1.82) is 0 Å². The molecule has 0 bridgehead atoms. The van der Waals surface area contributed by atoms with E-state index in [1.54, 1.807) is 12.3 Å². The highest BCUT2D eigenvalue weighted by molar-refractivity contribution is 5.25. The van der Waals surface area contributed by atoms with Gasteiger partial charge in [0.15, 0.2) is 0 Å². The minimum Gasteiger partial charge on any atom is -0.384 e. The lowest BCUT2D eigenvalue weighted by Crippen LogP contribution is -2.02. The van der Waals surface area contributed by atoms with Crippen LogP contribution in [0.5, 0.6) is 0 Å². The van der Waals surface area contributed by atoms with Crippen LogP contribution >= 0.6 is 0 Å². The predicted molar refractivity (Wildman–Crippen MR) is 49.8 cm³/mol. The molecule has 1 unspecified atom stereocenters. The molecule has 2 N–H and O–H groups in total. The summed E-state index contributed by atoms with van der Waals surface area (Å²) in [5.74, 6) is 1.83. The second-order valence-corrected chi connectivity index (χ2v) is 3.03. The van der Waals surface area contributed by atoms with Crippen molar-refractivity contribution in [2.45, 2.75) is 32.6 Å². The Kier molecular flexibility index (Phi) is 3.02. The van der Waals surface area contributed by atoms with Gasteiger partial charge in [-0.3, -0.25) is 0 Å². The lowest BCUT2D eigenvalue weighted by atomic mass is 10.1. The van der Waals surface area contributed by atoms with Crippen molar-refractivity contribution in [3.8, 4) is 0 Å². The molecule has 1 aromatic heterocycles. The van der Waals surface area contributed by atoms with Gasteiger partial charge < -0.3 is 5.73 Å². The summed E-state index contributed by atoms with van der Waals surface area (Å²) >= 11 is 0. The Hall–Kier alpha value is -1.12. The third-order valence-corrected chi connectivity index (χ3v) is 1.86. The van der Waals surface area contributed by atoms with Gasteiger partial charge in [-0.25, -0.2) is 9.97 Å². The molecular weight excluding hydrogens is 150 g/mol. The van der Waals surface area contributed by atoms with E-state index in [2.05, 4.69) is 23.8 Å². The number of hydrogen-bond donors (Lipinski definition) is 1. The molecule has 1 rings (SSSR count). The van der Waals surface area contributed by atoms with E-state index in [1.165, 1.54) is 0 Å². The molecule has 0 radical (unpaired) electrons. The molecular formula is C9H15N3. The first-order chi connectivity index (χ1) is 5.74. The monoisotopic (exact) mass is 165 g/mol. The highest BCUT2D eigenvalue weighted by Gasteiger charge is 2.06. The SMILES string of the molecule is CCCC(C)c1nccc(N)n1. The molecule has 0 saturated heterocycles. The quantitative estimate of drug-likeness (QED) is 0.744. The van der Waals surface area contributed by atoms with Crippen LogP contribution in [0.25, 0.3) is 0 Å². The highest BCUT2D eigenvalue weighted by atomic mass is 14.9. The van der Waals surface area contributed by atoms with Gasteiger partial charge in [-0.05, 0) is 12.5 Å². The summed E-state index contributed by atoms with van der Waals surface area (Å²) in [6, 6.07) is 1.71. The van der Waals surface area contributed by atoms with Crippen LogP contribution < -0.4 is 5.73 Å². The standard InChI is InChI=1S/C9H15N3/c1-3-4-7(2)9-11-6-5-8(10)12-9/h5-7H,3-4H2,1-2H3,(H2,10,11,12). The molecule has 1 aromatic rings. The smallest absolute Gasteiger partial charge is 0.133 e. The van der Waals surface area contributed by atoms with E-state index in [-0.39, 0.29) is 0 Å². The first-order valence-electron chi connectivity index (χ1n) is 4.32.